The minimum absolute atomic E-state index is 0.250. The molecule has 0 unspecified atom stereocenters. The quantitative estimate of drug-likeness (QED) is 0.629. The van der Waals surface area contributed by atoms with Crippen molar-refractivity contribution in [2.75, 3.05) is 23.7 Å². The summed E-state index contributed by atoms with van der Waals surface area (Å²) in [5.74, 6) is 1.21. The van der Waals surface area contributed by atoms with Crippen LogP contribution in [0.2, 0.25) is 0 Å². The lowest BCUT2D eigenvalue weighted by Gasteiger charge is -2.19. The van der Waals surface area contributed by atoms with E-state index in [1.54, 1.807) is 36.0 Å². The number of carbonyl (C=O) groups is 2. The van der Waals surface area contributed by atoms with Crippen LogP contribution in [-0.2, 0) is 7.05 Å². The van der Waals surface area contributed by atoms with Crippen LogP contribution in [0.1, 0.15) is 47.8 Å². The number of nitrogens with zero attached hydrogens (tertiary/aromatic N) is 3. The highest BCUT2D eigenvalue weighted by atomic mass is 16.2. The fourth-order valence-corrected chi connectivity index (χ4v) is 3.26. The Bertz CT molecular complexity index is 869. The molecule has 148 valence electrons. The first kappa shape index (κ1) is 18.4. The summed E-state index contributed by atoms with van der Waals surface area (Å²) in [4.78, 5) is 29.1. The monoisotopic (exact) mass is 383 g/mol. The van der Waals surface area contributed by atoms with Crippen molar-refractivity contribution >= 4 is 23.6 Å². The highest BCUT2D eigenvalue weighted by molar-refractivity contribution is 6.04. The van der Waals surface area contributed by atoms with Gasteiger partial charge >= 0.3 is 6.03 Å². The third kappa shape index (κ3) is 4.48. The van der Waals surface area contributed by atoms with Gasteiger partial charge in [0.1, 0.15) is 0 Å². The largest absolute Gasteiger partial charge is 0.335 e. The number of aryl methyl sites for hydroxylation is 1. The predicted molar refractivity (Wildman–Crippen MR) is 105 cm³/mol. The van der Waals surface area contributed by atoms with E-state index in [9.17, 15) is 9.59 Å². The average molecular weight is 383 g/mol. The maximum atomic E-state index is 12.6. The molecule has 1 saturated carbocycles. The van der Waals surface area contributed by atoms with E-state index in [-0.39, 0.29) is 18.0 Å². The van der Waals surface area contributed by atoms with Crippen molar-refractivity contribution < 1.29 is 9.59 Å². The Kier molecular flexibility index (Phi) is 5.25. The third-order valence-corrected chi connectivity index (χ3v) is 5.00. The number of piperidine rings is 1. The normalized spacial score (nSPS) is 17.2. The van der Waals surface area contributed by atoms with Gasteiger partial charge < -0.3 is 16.0 Å². The summed E-state index contributed by atoms with van der Waals surface area (Å²) in [5.41, 5.74) is 1.01. The molecule has 3 amide bonds. The molecular weight excluding hydrogens is 358 g/mol. The van der Waals surface area contributed by atoms with Crippen LogP contribution >= 0.6 is 0 Å². The van der Waals surface area contributed by atoms with Gasteiger partial charge in [-0.25, -0.2) is 9.48 Å². The van der Waals surface area contributed by atoms with Crippen molar-refractivity contribution in [2.45, 2.75) is 37.6 Å². The van der Waals surface area contributed by atoms with Crippen LogP contribution in [0.5, 0.6) is 0 Å². The summed E-state index contributed by atoms with van der Waals surface area (Å²) in [6.45, 7) is 1.91. The van der Waals surface area contributed by atoms with Gasteiger partial charge in [0.15, 0.2) is 5.82 Å². The van der Waals surface area contributed by atoms with E-state index >= 15 is 0 Å². The lowest BCUT2D eigenvalue weighted by Crippen LogP contribution is -2.30. The van der Waals surface area contributed by atoms with Crippen LogP contribution in [0.15, 0.2) is 24.3 Å². The number of aromatic nitrogens is 3. The average Bonchev–Trinajstić information content (AvgIpc) is 3.43. The molecule has 1 aliphatic heterocycles. The minimum atomic E-state index is -0.293. The Balaban J connectivity index is 1.41. The van der Waals surface area contributed by atoms with E-state index in [1.807, 2.05) is 0 Å². The number of benzene rings is 1. The molecule has 28 heavy (non-hydrogen) atoms. The maximum absolute atomic E-state index is 12.6. The number of rotatable bonds is 5. The second-order valence-electron chi connectivity index (χ2n) is 7.35. The fourth-order valence-electron chi connectivity index (χ4n) is 3.26. The Morgan fingerprint density at radius 3 is 2.68 bits per heavy atom. The molecule has 2 heterocycles. The fraction of sp³-hybridized carbons (Fsp3) is 0.474. The van der Waals surface area contributed by atoms with Gasteiger partial charge in [0.2, 0.25) is 5.95 Å². The van der Waals surface area contributed by atoms with E-state index in [4.69, 9.17) is 0 Å². The first-order valence-electron chi connectivity index (χ1n) is 9.69. The summed E-state index contributed by atoms with van der Waals surface area (Å²) < 4.78 is 1.60. The first-order valence-corrected chi connectivity index (χ1v) is 9.69. The van der Waals surface area contributed by atoms with Crippen molar-refractivity contribution in [3.63, 3.8) is 0 Å². The number of hydrogen-bond acceptors (Lipinski definition) is 5. The molecule has 0 radical (unpaired) electrons. The van der Waals surface area contributed by atoms with Gasteiger partial charge in [0.05, 0.1) is 0 Å². The van der Waals surface area contributed by atoms with Gasteiger partial charge in [0.25, 0.3) is 5.91 Å². The Morgan fingerprint density at radius 1 is 1.14 bits per heavy atom. The van der Waals surface area contributed by atoms with Crippen molar-refractivity contribution in [1.82, 2.24) is 25.4 Å². The molecule has 1 saturated heterocycles. The third-order valence-electron chi connectivity index (χ3n) is 5.00. The summed E-state index contributed by atoms with van der Waals surface area (Å²) in [6.07, 6.45) is 4.03. The Morgan fingerprint density at radius 2 is 1.93 bits per heavy atom. The maximum Gasteiger partial charge on any atom is 0.319 e. The molecule has 2 aliphatic rings. The molecule has 1 aromatic heterocycles. The summed E-state index contributed by atoms with van der Waals surface area (Å²) >= 11 is 0. The molecule has 4 N–H and O–H groups in total. The van der Waals surface area contributed by atoms with E-state index in [2.05, 4.69) is 31.3 Å². The van der Waals surface area contributed by atoms with Crippen LogP contribution in [0, 0.1) is 0 Å². The van der Waals surface area contributed by atoms with Crippen molar-refractivity contribution in [1.29, 1.82) is 0 Å². The van der Waals surface area contributed by atoms with E-state index < -0.39 is 0 Å². The van der Waals surface area contributed by atoms with Gasteiger partial charge in [-0.15, -0.1) is 0 Å². The van der Waals surface area contributed by atoms with E-state index in [1.165, 1.54) is 0 Å². The second kappa shape index (κ2) is 7.97. The highest BCUT2D eigenvalue weighted by Crippen LogP contribution is 2.23. The second-order valence-corrected chi connectivity index (χ2v) is 7.35. The molecule has 0 atom stereocenters. The molecule has 1 aromatic carbocycles. The van der Waals surface area contributed by atoms with Crippen LogP contribution < -0.4 is 21.3 Å². The lowest BCUT2D eigenvalue weighted by molar-refractivity contribution is 0.102. The molecular formula is C19H25N7O2. The van der Waals surface area contributed by atoms with E-state index in [0.29, 0.717) is 23.1 Å². The number of hydrogen-bond donors (Lipinski definition) is 4. The van der Waals surface area contributed by atoms with Gasteiger partial charge in [-0.2, -0.15) is 10.1 Å². The van der Waals surface area contributed by atoms with Crippen molar-refractivity contribution in [3.05, 3.63) is 35.7 Å². The van der Waals surface area contributed by atoms with Crippen LogP contribution in [0.25, 0.3) is 0 Å². The van der Waals surface area contributed by atoms with E-state index in [0.717, 1.165) is 44.6 Å². The summed E-state index contributed by atoms with van der Waals surface area (Å²) in [6, 6.07) is 6.85. The Labute approximate surface area is 163 Å². The molecule has 1 aliphatic carbocycles. The smallest absolute Gasteiger partial charge is 0.319 e. The molecule has 2 aromatic rings. The van der Waals surface area contributed by atoms with Gasteiger partial charge in [0, 0.05) is 30.3 Å². The topological polar surface area (TPSA) is 113 Å². The highest BCUT2D eigenvalue weighted by Gasteiger charge is 2.23. The lowest BCUT2D eigenvalue weighted by atomic mass is 9.98. The number of nitrogens with one attached hydrogen (secondary N) is 4. The predicted octanol–water partition coefficient (Wildman–Crippen LogP) is 1.82. The van der Waals surface area contributed by atoms with Crippen LogP contribution in [0.4, 0.5) is 16.4 Å². The number of amides is 3. The number of carbonyl (C=O) groups excluding carboxylic acids is 2. The minimum Gasteiger partial charge on any atom is -0.335 e. The molecule has 0 bridgehead atoms. The molecule has 2 fully saturated rings. The number of urea groups is 1. The SMILES string of the molecule is Cn1nc(C2CCNCC2)nc1NC(=O)c1cccc(NC(=O)NC2CC2)c1. The van der Waals surface area contributed by atoms with Gasteiger partial charge in [-0.3, -0.25) is 10.1 Å². The standard InChI is InChI=1S/C19H25N7O2/c1-26-18(23-16(25-26)12-7-9-20-10-8-12)24-17(27)13-3-2-4-15(11-13)22-19(28)21-14-5-6-14/h2-4,11-12,14,20H,5-10H2,1H3,(H2,21,22,28)(H,23,24,25,27). The van der Waals surface area contributed by atoms with Gasteiger partial charge in [-0.1, -0.05) is 6.07 Å². The number of anilines is 2. The van der Waals surface area contributed by atoms with Crippen LogP contribution in [0.3, 0.4) is 0 Å². The van der Waals surface area contributed by atoms with Crippen molar-refractivity contribution in [2.24, 2.45) is 7.05 Å². The zero-order valence-corrected chi connectivity index (χ0v) is 15.9. The first-order chi connectivity index (χ1) is 13.6. The van der Waals surface area contributed by atoms with Crippen LogP contribution in [-0.4, -0.2) is 45.8 Å². The molecule has 9 nitrogen and oxygen atoms in total. The molecule has 0 spiro atoms. The zero-order valence-electron chi connectivity index (χ0n) is 15.9. The molecule has 4 rings (SSSR count). The summed E-state index contributed by atoms with van der Waals surface area (Å²) in [5, 5.41) is 16.2. The van der Waals surface area contributed by atoms with Crippen molar-refractivity contribution in [3.8, 4) is 0 Å². The zero-order chi connectivity index (χ0) is 19.5. The Hall–Kier alpha value is -2.94. The summed E-state index contributed by atoms with van der Waals surface area (Å²) in [7, 11) is 1.77. The van der Waals surface area contributed by atoms with Gasteiger partial charge in [-0.05, 0) is 57.0 Å². The molecule has 9 heteroatoms.